The van der Waals surface area contributed by atoms with E-state index >= 15 is 0 Å². The fourth-order valence-corrected chi connectivity index (χ4v) is 11.4. The van der Waals surface area contributed by atoms with E-state index in [1.165, 1.54) is 315 Å². The molecule has 81 heavy (non-hydrogen) atoms. The van der Waals surface area contributed by atoms with Gasteiger partial charge < -0.3 is 14.2 Å². The first kappa shape index (κ1) is 78.9. The Morgan fingerprint density at radius 3 is 0.617 bits per heavy atom. The van der Waals surface area contributed by atoms with Gasteiger partial charge in [0.25, 0.3) is 0 Å². The molecule has 0 aliphatic rings. The zero-order valence-electron chi connectivity index (χ0n) is 55.1. The van der Waals surface area contributed by atoms with Gasteiger partial charge in [-0.3, -0.25) is 14.4 Å². The molecule has 6 nitrogen and oxygen atoms in total. The van der Waals surface area contributed by atoms with Crippen molar-refractivity contribution in [2.75, 3.05) is 13.2 Å². The minimum atomic E-state index is -0.772. The smallest absolute Gasteiger partial charge is 0.306 e. The second kappa shape index (κ2) is 70.4. The number of hydrogen-bond acceptors (Lipinski definition) is 6. The van der Waals surface area contributed by atoms with Gasteiger partial charge in [0.05, 0.1) is 0 Å². The lowest BCUT2D eigenvalue weighted by Gasteiger charge is -2.18. The molecule has 0 aromatic carbocycles. The van der Waals surface area contributed by atoms with Crippen LogP contribution in [-0.2, 0) is 28.6 Å². The molecule has 0 bridgehead atoms. The van der Waals surface area contributed by atoms with Gasteiger partial charge in [-0.15, -0.1) is 0 Å². The Morgan fingerprint density at radius 1 is 0.235 bits per heavy atom. The SMILES string of the molecule is CCCCCCCCC/C=C\CCCCCCCC(=O)OC(COC(=O)CCCCCCCCCCCCCCCC)COC(=O)CCCCCCCCCCCCCCCCCCCCCCC/C=C\CCCCCCCCCC. The lowest BCUT2D eigenvalue weighted by Crippen LogP contribution is -2.30. The Morgan fingerprint density at radius 2 is 0.407 bits per heavy atom. The van der Waals surface area contributed by atoms with Crippen LogP contribution in [0.2, 0.25) is 0 Å². The fraction of sp³-hybridized carbons (Fsp3) is 0.907. The third kappa shape index (κ3) is 68.6. The van der Waals surface area contributed by atoms with Crippen molar-refractivity contribution >= 4 is 17.9 Å². The van der Waals surface area contributed by atoms with Crippen LogP contribution >= 0.6 is 0 Å². The number of hydrogen-bond donors (Lipinski definition) is 0. The van der Waals surface area contributed by atoms with Crippen molar-refractivity contribution in [2.45, 2.75) is 425 Å². The van der Waals surface area contributed by atoms with Crippen LogP contribution in [0.4, 0.5) is 0 Å². The van der Waals surface area contributed by atoms with Gasteiger partial charge in [-0.1, -0.05) is 353 Å². The van der Waals surface area contributed by atoms with Crippen molar-refractivity contribution < 1.29 is 28.6 Å². The van der Waals surface area contributed by atoms with Gasteiger partial charge in [-0.2, -0.15) is 0 Å². The highest BCUT2D eigenvalue weighted by molar-refractivity contribution is 5.71. The van der Waals surface area contributed by atoms with Crippen LogP contribution in [0.15, 0.2) is 24.3 Å². The number of ether oxygens (including phenoxy) is 3. The van der Waals surface area contributed by atoms with Crippen molar-refractivity contribution in [3.8, 4) is 0 Å². The molecule has 6 heteroatoms. The Bertz CT molecular complexity index is 1310. The first-order valence-electron chi connectivity index (χ1n) is 36.8. The number of allylic oxidation sites excluding steroid dienone is 4. The molecule has 0 saturated heterocycles. The summed E-state index contributed by atoms with van der Waals surface area (Å²) in [7, 11) is 0. The van der Waals surface area contributed by atoms with Crippen LogP contribution in [0.1, 0.15) is 419 Å². The lowest BCUT2D eigenvalue weighted by atomic mass is 10.0. The molecule has 0 rings (SSSR count). The van der Waals surface area contributed by atoms with Crippen LogP contribution in [-0.4, -0.2) is 37.2 Å². The second-order valence-electron chi connectivity index (χ2n) is 25.2. The molecule has 0 saturated carbocycles. The number of rotatable bonds is 69. The molecule has 478 valence electrons. The number of unbranched alkanes of at least 4 members (excludes halogenated alkanes) is 54. The summed E-state index contributed by atoms with van der Waals surface area (Å²) in [5.74, 6) is -0.844. The molecular weight excluding hydrogens is 997 g/mol. The molecule has 0 aliphatic carbocycles. The van der Waals surface area contributed by atoms with E-state index in [1.807, 2.05) is 0 Å². The zero-order chi connectivity index (χ0) is 58.5. The molecule has 0 fully saturated rings. The van der Waals surface area contributed by atoms with E-state index in [9.17, 15) is 14.4 Å². The van der Waals surface area contributed by atoms with Crippen molar-refractivity contribution in [3.63, 3.8) is 0 Å². The molecule has 0 aromatic heterocycles. The Labute approximate surface area is 506 Å². The Kier molecular flexibility index (Phi) is 68.5. The first-order chi connectivity index (χ1) is 40.0. The maximum absolute atomic E-state index is 12.9. The van der Waals surface area contributed by atoms with Crippen LogP contribution in [0.25, 0.3) is 0 Å². The maximum atomic E-state index is 12.9. The van der Waals surface area contributed by atoms with Gasteiger partial charge in [0, 0.05) is 19.3 Å². The topological polar surface area (TPSA) is 78.9 Å². The molecule has 1 atom stereocenters. The second-order valence-corrected chi connectivity index (χ2v) is 25.2. The van der Waals surface area contributed by atoms with Crippen LogP contribution in [0.3, 0.4) is 0 Å². The molecule has 1 unspecified atom stereocenters. The highest BCUT2D eigenvalue weighted by Gasteiger charge is 2.19. The summed E-state index contributed by atoms with van der Waals surface area (Å²) in [5, 5.41) is 0. The van der Waals surface area contributed by atoms with Crippen LogP contribution in [0.5, 0.6) is 0 Å². The average Bonchev–Trinajstić information content (AvgIpc) is 3.47. The predicted molar refractivity (Wildman–Crippen MR) is 353 cm³/mol. The highest BCUT2D eigenvalue weighted by atomic mass is 16.6. The van der Waals surface area contributed by atoms with E-state index in [0.29, 0.717) is 19.3 Å². The molecule has 0 spiro atoms. The van der Waals surface area contributed by atoms with E-state index in [4.69, 9.17) is 14.2 Å². The summed E-state index contributed by atoms with van der Waals surface area (Å²) < 4.78 is 17.0. The molecule has 0 N–H and O–H groups in total. The lowest BCUT2D eigenvalue weighted by molar-refractivity contribution is -0.167. The zero-order valence-corrected chi connectivity index (χ0v) is 55.1. The number of esters is 3. The standard InChI is InChI=1S/C75H142O6/c1-4-7-10-13-16-19-22-25-28-30-31-32-33-34-35-36-37-38-39-40-41-42-43-44-45-46-48-50-53-56-59-62-65-68-74(77)80-71-72(70-79-73(76)67-64-61-58-55-52-49-27-24-21-18-15-12-9-6-3)81-75(78)69-66-63-60-57-54-51-47-29-26-23-20-17-14-11-8-5-2/h29-31,47,72H,4-28,32-46,48-71H2,1-3H3/b31-30-,47-29-. The summed E-state index contributed by atoms with van der Waals surface area (Å²) in [5.41, 5.74) is 0. The van der Waals surface area contributed by atoms with E-state index in [2.05, 4.69) is 45.1 Å². The molecule has 0 aromatic rings. The minimum absolute atomic E-state index is 0.0680. The normalized spacial score (nSPS) is 12.1. The third-order valence-corrected chi connectivity index (χ3v) is 16.9. The molecule has 0 heterocycles. The monoisotopic (exact) mass is 1140 g/mol. The van der Waals surface area contributed by atoms with Gasteiger partial charge in [-0.25, -0.2) is 0 Å². The van der Waals surface area contributed by atoms with E-state index in [1.54, 1.807) is 0 Å². The quantitative estimate of drug-likeness (QED) is 0.0261. The van der Waals surface area contributed by atoms with Gasteiger partial charge in [-0.05, 0) is 70.6 Å². The average molecular weight is 1140 g/mol. The first-order valence-corrected chi connectivity index (χ1v) is 36.8. The van der Waals surface area contributed by atoms with E-state index < -0.39 is 6.10 Å². The third-order valence-electron chi connectivity index (χ3n) is 16.9. The largest absolute Gasteiger partial charge is 0.462 e. The van der Waals surface area contributed by atoms with Crippen molar-refractivity contribution in [1.82, 2.24) is 0 Å². The number of carbonyl (C=O) groups is 3. The van der Waals surface area contributed by atoms with E-state index in [-0.39, 0.29) is 31.1 Å². The molecule has 0 aliphatic heterocycles. The summed E-state index contributed by atoms with van der Waals surface area (Å²) >= 11 is 0. The van der Waals surface area contributed by atoms with Gasteiger partial charge in [0.1, 0.15) is 13.2 Å². The van der Waals surface area contributed by atoms with Gasteiger partial charge in [0.2, 0.25) is 0 Å². The van der Waals surface area contributed by atoms with Gasteiger partial charge >= 0.3 is 17.9 Å². The van der Waals surface area contributed by atoms with Gasteiger partial charge in [0.15, 0.2) is 6.10 Å². The molecule has 0 radical (unpaired) electrons. The van der Waals surface area contributed by atoms with Crippen molar-refractivity contribution in [2.24, 2.45) is 0 Å². The van der Waals surface area contributed by atoms with Crippen molar-refractivity contribution in [3.05, 3.63) is 24.3 Å². The van der Waals surface area contributed by atoms with Crippen molar-refractivity contribution in [1.29, 1.82) is 0 Å². The van der Waals surface area contributed by atoms with Crippen LogP contribution in [0, 0.1) is 0 Å². The fourth-order valence-electron chi connectivity index (χ4n) is 11.4. The maximum Gasteiger partial charge on any atom is 0.306 e. The highest BCUT2D eigenvalue weighted by Crippen LogP contribution is 2.19. The summed E-state index contributed by atoms with van der Waals surface area (Å²) in [6.45, 7) is 6.71. The summed E-state index contributed by atoms with van der Waals surface area (Å²) in [6, 6.07) is 0. The van der Waals surface area contributed by atoms with E-state index in [0.717, 1.165) is 64.2 Å². The Hall–Kier alpha value is -2.11. The minimum Gasteiger partial charge on any atom is -0.462 e. The summed E-state index contributed by atoms with van der Waals surface area (Å²) in [4.78, 5) is 38.4. The summed E-state index contributed by atoms with van der Waals surface area (Å²) in [6.07, 6.45) is 86.6. The van der Waals surface area contributed by atoms with Crippen LogP contribution < -0.4 is 0 Å². The molecular formula is C75H142O6. The Balaban J connectivity index is 4.10. The predicted octanol–water partition coefficient (Wildman–Crippen LogP) is 25.3. The number of carbonyl (C=O) groups excluding carboxylic acids is 3. The molecule has 0 amide bonds.